The topological polar surface area (TPSA) is 50.9 Å². The van der Waals surface area contributed by atoms with Crippen molar-refractivity contribution in [3.63, 3.8) is 0 Å². The second kappa shape index (κ2) is 18.0. The van der Waals surface area contributed by atoms with Crippen LogP contribution >= 0.6 is 0 Å². The van der Waals surface area contributed by atoms with E-state index in [-0.39, 0.29) is 32.8 Å². The second-order valence-corrected chi connectivity index (χ2v) is 24.3. The van der Waals surface area contributed by atoms with Gasteiger partial charge in [-0.05, 0) is 120 Å². The van der Waals surface area contributed by atoms with E-state index in [1.165, 1.54) is 22.3 Å². The standard InChI is InChI=1S/C67H71N3O/c1-63(2,3)50-32-33-58(54(40-50)44-22-17-15-18-23-44)70-59-27-21-26-53(60(59)69-62(70)55-41-52(65(7,8)9)42-56(61(55)71)66(10,11)12)46-36-47(38-51(37-46)64(4,5)6)57-39-45(34-35-68-57)43-28-30-49(31-29-43)67(13,14)48-24-19-16-20-25-48/h15-42,71H,1-14H3. The summed E-state index contributed by atoms with van der Waals surface area (Å²) >= 11 is 0. The van der Waals surface area contributed by atoms with Gasteiger partial charge in [-0.2, -0.15) is 0 Å². The van der Waals surface area contributed by atoms with Gasteiger partial charge in [-0.1, -0.05) is 212 Å². The highest BCUT2D eigenvalue weighted by atomic mass is 16.3. The summed E-state index contributed by atoms with van der Waals surface area (Å²) in [5.74, 6) is 0.954. The van der Waals surface area contributed by atoms with Crippen molar-refractivity contribution in [3.8, 4) is 67.5 Å². The fourth-order valence-electron chi connectivity index (χ4n) is 9.85. The smallest absolute Gasteiger partial charge is 0.149 e. The molecule has 0 saturated carbocycles. The minimum absolute atomic E-state index is 0.0789. The molecule has 0 aliphatic heterocycles. The zero-order valence-corrected chi connectivity index (χ0v) is 44.5. The lowest BCUT2D eigenvalue weighted by Crippen LogP contribution is -2.18. The number of para-hydroxylation sites is 1. The molecule has 4 heteroatoms. The Bertz CT molecular complexity index is 3400. The average molecular weight is 934 g/mol. The van der Waals surface area contributed by atoms with Gasteiger partial charge >= 0.3 is 0 Å². The molecule has 360 valence electrons. The van der Waals surface area contributed by atoms with Crippen molar-refractivity contribution in [2.75, 3.05) is 0 Å². The first kappa shape index (κ1) is 49.0. The molecule has 0 aliphatic carbocycles. The molecule has 0 aliphatic rings. The van der Waals surface area contributed by atoms with E-state index in [4.69, 9.17) is 9.97 Å². The van der Waals surface area contributed by atoms with Crippen LogP contribution in [-0.4, -0.2) is 19.6 Å². The van der Waals surface area contributed by atoms with E-state index in [0.29, 0.717) is 11.4 Å². The van der Waals surface area contributed by atoms with Gasteiger partial charge in [0.2, 0.25) is 0 Å². The molecule has 2 aromatic heterocycles. The summed E-state index contributed by atoms with van der Waals surface area (Å²) in [6.45, 7) is 31.4. The number of phenols is 1. The molecule has 2 heterocycles. The molecule has 0 fully saturated rings. The predicted molar refractivity (Wildman–Crippen MR) is 301 cm³/mol. The average Bonchev–Trinajstić information content (AvgIpc) is 3.72. The molecule has 0 amide bonds. The molecule has 7 aromatic carbocycles. The molecular weight excluding hydrogens is 863 g/mol. The van der Waals surface area contributed by atoms with Crippen LogP contribution in [0, 0.1) is 0 Å². The van der Waals surface area contributed by atoms with Gasteiger partial charge in [0.05, 0.1) is 28.0 Å². The van der Waals surface area contributed by atoms with Gasteiger partial charge in [-0.15, -0.1) is 0 Å². The molecule has 0 radical (unpaired) electrons. The number of hydrogen-bond acceptors (Lipinski definition) is 3. The third-order valence-corrected chi connectivity index (χ3v) is 14.5. The number of benzene rings is 7. The maximum absolute atomic E-state index is 12.6. The normalized spacial score (nSPS) is 12.7. The van der Waals surface area contributed by atoms with Gasteiger partial charge in [0.15, 0.2) is 0 Å². The summed E-state index contributed by atoms with van der Waals surface area (Å²) < 4.78 is 2.30. The van der Waals surface area contributed by atoms with Gasteiger partial charge in [0.1, 0.15) is 11.6 Å². The lowest BCUT2D eigenvalue weighted by molar-refractivity contribution is 0.446. The third-order valence-electron chi connectivity index (χ3n) is 14.5. The fourth-order valence-corrected chi connectivity index (χ4v) is 9.85. The summed E-state index contributed by atoms with van der Waals surface area (Å²) in [6, 6.07) is 59.4. The number of fused-ring (bicyclic) bond motifs is 1. The van der Waals surface area contributed by atoms with Gasteiger partial charge in [0.25, 0.3) is 0 Å². The lowest BCUT2D eigenvalue weighted by Gasteiger charge is -2.28. The van der Waals surface area contributed by atoms with Crippen LogP contribution in [0.2, 0.25) is 0 Å². The maximum atomic E-state index is 12.6. The Morgan fingerprint density at radius 1 is 0.394 bits per heavy atom. The molecule has 1 N–H and O–H groups in total. The van der Waals surface area contributed by atoms with E-state index in [1.54, 1.807) is 0 Å². The van der Waals surface area contributed by atoms with Crippen LogP contribution in [0.5, 0.6) is 5.75 Å². The fraction of sp³-hybridized carbons (Fsp3) is 0.284. The van der Waals surface area contributed by atoms with Crippen molar-refractivity contribution in [3.05, 3.63) is 203 Å². The first-order chi connectivity index (χ1) is 33.4. The predicted octanol–water partition coefficient (Wildman–Crippen LogP) is 18.0. The van der Waals surface area contributed by atoms with E-state index in [9.17, 15) is 5.11 Å². The highest BCUT2D eigenvalue weighted by Crippen LogP contribution is 2.46. The summed E-state index contributed by atoms with van der Waals surface area (Å²) in [7, 11) is 0. The Morgan fingerprint density at radius 3 is 1.61 bits per heavy atom. The Kier molecular flexibility index (Phi) is 12.4. The van der Waals surface area contributed by atoms with E-state index < -0.39 is 0 Å². The minimum Gasteiger partial charge on any atom is -0.507 e. The van der Waals surface area contributed by atoms with Crippen LogP contribution in [0.15, 0.2) is 170 Å². The summed E-state index contributed by atoms with van der Waals surface area (Å²) in [6.07, 6.45) is 1.93. The minimum atomic E-state index is -0.330. The third kappa shape index (κ3) is 9.62. The maximum Gasteiger partial charge on any atom is 0.149 e. The Labute approximate surface area is 423 Å². The Balaban J connectivity index is 1.27. The Hall–Kier alpha value is -7.04. The van der Waals surface area contributed by atoms with Crippen LogP contribution in [0.25, 0.3) is 72.7 Å². The van der Waals surface area contributed by atoms with Gasteiger partial charge in [0, 0.05) is 33.9 Å². The van der Waals surface area contributed by atoms with Crippen LogP contribution in [-0.2, 0) is 27.1 Å². The van der Waals surface area contributed by atoms with E-state index in [2.05, 4.69) is 265 Å². The molecule has 71 heavy (non-hydrogen) atoms. The number of nitrogens with zero attached hydrogens (tertiary/aromatic N) is 3. The zero-order valence-electron chi connectivity index (χ0n) is 44.5. The highest BCUT2D eigenvalue weighted by molar-refractivity contribution is 5.98. The van der Waals surface area contributed by atoms with E-state index >= 15 is 0 Å². The molecular formula is C67H71N3O. The number of imidazole rings is 1. The molecule has 0 unspecified atom stereocenters. The summed E-state index contributed by atoms with van der Waals surface area (Å²) in [5.41, 5.74) is 18.2. The van der Waals surface area contributed by atoms with Crippen LogP contribution in [0.3, 0.4) is 0 Å². The van der Waals surface area contributed by atoms with Gasteiger partial charge in [-0.25, -0.2) is 4.98 Å². The van der Waals surface area contributed by atoms with E-state index in [1.807, 2.05) is 6.20 Å². The van der Waals surface area contributed by atoms with Crippen molar-refractivity contribution in [2.45, 2.75) is 124 Å². The van der Waals surface area contributed by atoms with E-state index in [0.717, 1.165) is 72.5 Å². The lowest BCUT2D eigenvalue weighted by atomic mass is 9.78. The van der Waals surface area contributed by atoms with Crippen molar-refractivity contribution in [1.82, 2.24) is 14.5 Å². The summed E-state index contributed by atoms with van der Waals surface area (Å²) in [4.78, 5) is 10.8. The molecule has 0 bridgehead atoms. The molecule has 4 nitrogen and oxygen atoms in total. The van der Waals surface area contributed by atoms with Crippen molar-refractivity contribution >= 4 is 11.0 Å². The molecule has 0 saturated heterocycles. The number of hydrogen-bond donors (Lipinski definition) is 1. The summed E-state index contributed by atoms with van der Waals surface area (Å²) in [5, 5.41) is 12.6. The molecule has 9 aromatic rings. The monoisotopic (exact) mass is 934 g/mol. The number of pyridine rings is 1. The van der Waals surface area contributed by atoms with Crippen LogP contribution in [0.1, 0.15) is 130 Å². The molecule has 0 spiro atoms. The first-order valence-electron chi connectivity index (χ1n) is 25.3. The largest absolute Gasteiger partial charge is 0.507 e. The van der Waals surface area contributed by atoms with Gasteiger partial charge < -0.3 is 5.11 Å². The number of aromatic hydroxyl groups is 1. The second-order valence-electron chi connectivity index (χ2n) is 24.3. The van der Waals surface area contributed by atoms with Crippen molar-refractivity contribution in [1.29, 1.82) is 0 Å². The van der Waals surface area contributed by atoms with Gasteiger partial charge in [-0.3, -0.25) is 9.55 Å². The highest BCUT2D eigenvalue weighted by Gasteiger charge is 2.30. The SMILES string of the molecule is CC(C)(C)c1cc(-c2cc(-c3ccc(C(C)(C)c4ccccc4)cc3)ccn2)cc(-c2cccc3c2nc(-c2cc(C(C)(C)C)cc(C(C)(C)C)c2O)n3-c2ccc(C(C)(C)C)cc2-c2ccccc2)c1. The quantitative estimate of drug-likeness (QED) is 0.165. The van der Waals surface area contributed by atoms with Crippen LogP contribution in [0.4, 0.5) is 0 Å². The van der Waals surface area contributed by atoms with Crippen molar-refractivity contribution in [2.24, 2.45) is 0 Å². The molecule has 0 atom stereocenters. The number of rotatable bonds is 8. The first-order valence-corrected chi connectivity index (χ1v) is 25.3. The zero-order chi connectivity index (χ0) is 50.8. The number of aromatic nitrogens is 3. The Morgan fingerprint density at radius 2 is 0.972 bits per heavy atom. The molecule has 9 rings (SSSR count). The number of phenolic OH excluding ortho intramolecular Hbond substituents is 1. The van der Waals surface area contributed by atoms with Crippen molar-refractivity contribution < 1.29 is 5.11 Å². The van der Waals surface area contributed by atoms with Crippen LogP contribution < -0.4 is 0 Å².